The first-order valence-corrected chi connectivity index (χ1v) is 2.79. The molecule has 0 saturated carbocycles. The van der Waals surface area contributed by atoms with Crippen LogP contribution in [-0.2, 0) is 4.79 Å². The summed E-state index contributed by atoms with van der Waals surface area (Å²) in [5.41, 5.74) is 5.21. The molecule has 4 nitrogen and oxygen atoms in total. The molecule has 0 saturated heterocycles. The maximum absolute atomic E-state index is 10.0. The van der Waals surface area contributed by atoms with Crippen LogP contribution in [-0.4, -0.2) is 30.7 Å². The average Bonchev–Trinajstić information content (AvgIpc) is 1.82. The Hall–Kier alpha value is -0.610. The second-order valence-electron chi connectivity index (χ2n) is 1.82. The maximum atomic E-state index is 10.0. The number of nitrogens with one attached hydrogen (secondary N) is 1. The first-order valence-electron chi connectivity index (χ1n) is 2.79. The van der Waals surface area contributed by atoms with E-state index in [0.29, 0.717) is 6.54 Å². The van der Waals surface area contributed by atoms with Crippen molar-refractivity contribution in [2.24, 2.45) is 5.73 Å². The zero-order valence-electron chi connectivity index (χ0n) is 5.42. The summed E-state index contributed by atoms with van der Waals surface area (Å²) in [5.74, 6) is -0.820. The zero-order chi connectivity index (χ0) is 7.28. The van der Waals surface area contributed by atoms with Crippen LogP contribution in [0.4, 0.5) is 0 Å². The van der Waals surface area contributed by atoms with Crippen LogP contribution in [0.25, 0.3) is 0 Å². The van der Waals surface area contributed by atoms with Crippen molar-refractivity contribution < 1.29 is 9.90 Å². The molecule has 1 unspecified atom stereocenters. The first kappa shape index (κ1) is 8.39. The number of carbonyl (C=O) groups is 1. The Bertz CT molecular complexity index is 91.0. The Morgan fingerprint density at radius 2 is 2.44 bits per heavy atom. The van der Waals surface area contributed by atoms with E-state index in [4.69, 9.17) is 10.8 Å². The molecule has 0 aliphatic rings. The van der Waals surface area contributed by atoms with Crippen molar-refractivity contribution >= 4 is 5.97 Å². The molecule has 0 radical (unpaired) electrons. The van der Waals surface area contributed by atoms with Gasteiger partial charge in [0.25, 0.3) is 0 Å². The minimum atomic E-state index is -0.820. The summed E-state index contributed by atoms with van der Waals surface area (Å²) in [5, 5.41) is 11.0. The molecule has 0 heterocycles. The molecule has 0 fully saturated rings. The fourth-order valence-corrected chi connectivity index (χ4v) is 0.514. The zero-order valence-corrected chi connectivity index (χ0v) is 5.42. The van der Waals surface area contributed by atoms with Gasteiger partial charge >= 0.3 is 5.97 Å². The van der Waals surface area contributed by atoms with Crippen LogP contribution < -0.4 is 11.1 Å². The van der Waals surface area contributed by atoms with Crippen molar-refractivity contribution in [2.45, 2.75) is 12.5 Å². The molecular weight excluding hydrogens is 120 g/mol. The number of carboxylic acids is 1. The van der Waals surface area contributed by atoms with Crippen molar-refractivity contribution in [3.63, 3.8) is 0 Å². The molecular formula is C5H12N2O2. The molecule has 54 valence electrons. The van der Waals surface area contributed by atoms with Gasteiger partial charge in [-0.1, -0.05) is 0 Å². The van der Waals surface area contributed by atoms with Crippen molar-refractivity contribution in [3.05, 3.63) is 0 Å². The fourth-order valence-electron chi connectivity index (χ4n) is 0.514. The summed E-state index contributed by atoms with van der Waals surface area (Å²) in [4.78, 5) is 10.0. The van der Waals surface area contributed by atoms with Gasteiger partial charge in [0.15, 0.2) is 0 Å². The summed E-state index contributed by atoms with van der Waals surface area (Å²) in [6, 6.07) is -0.0949. The predicted octanol–water partition coefficient (Wildman–Crippen LogP) is -0.992. The summed E-state index contributed by atoms with van der Waals surface area (Å²) in [7, 11) is 1.69. The Morgan fingerprint density at radius 1 is 1.89 bits per heavy atom. The second kappa shape index (κ2) is 4.29. The highest BCUT2D eigenvalue weighted by atomic mass is 16.4. The molecule has 9 heavy (non-hydrogen) atoms. The van der Waals surface area contributed by atoms with Crippen molar-refractivity contribution in [3.8, 4) is 0 Å². The molecule has 0 amide bonds. The van der Waals surface area contributed by atoms with E-state index >= 15 is 0 Å². The Morgan fingerprint density at radius 3 is 2.56 bits per heavy atom. The third-order valence-corrected chi connectivity index (χ3v) is 1.11. The molecule has 0 aliphatic heterocycles. The number of hydrogen-bond acceptors (Lipinski definition) is 3. The molecule has 0 spiro atoms. The topological polar surface area (TPSA) is 75.3 Å². The van der Waals surface area contributed by atoms with E-state index in [1.54, 1.807) is 7.05 Å². The first-order chi connectivity index (χ1) is 4.20. The lowest BCUT2D eigenvalue weighted by Crippen LogP contribution is -2.35. The number of likely N-dealkylation sites (N-methyl/N-ethyl adjacent to an activating group) is 1. The third kappa shape index (κ3) is 3.93. The molecule has 1 atom stereocenters. The van der Waals surface area contributed by atoms with Crippen LogP contribution in [0.15, 0.2) is 0 Å². The highest BCUT2D eigenvalue weighted by Crippen LogP contribution is 1.86. The van der Waals surface area contributed by atoms with Crippen LogP contribution >= 0.6 is 0 Å². The number of rotatable bonds is 4. The van der Waals surface area contributed by atoms with E-state index in [1.165, 1.54) is 0 Å². The number of aliphatic carboxylic acids is 1. The quantitative estimate of drug-likeness (QED) is 0.459. The van der Waals surface area contributed by atoms with E-state index in [2.05, 4.69) is 5.32 Å². The van der Waals surface area contributed by atoms with E-state index in [0.717, 1.165) is 0 Å². The number of hydrogen-bond donors (Lipinski definition) is 3. The lowest BCUT2D eigenvalue weighted by Gasteiger charge is -2.08. The van der Waals surface area contributed by atoms with Crippen LogP contribution in [0.2, 0.25) is 0 Å². The van der Waals surface area contributed by atoms with Crippen molar-refractivity contribution in [1.82, 2.24) is 5.32 Å². The minimum Gasteiger partial charge on any atom is -0.481 e. The van der Waals surface area contributed by atoms with Gasteiger partial charge in [-0.3, -0.25) is 4.79 Å². The Balaban J connectivity index is 3.43. The van der Waals surface area contributed by atoms with E-state index in [9.17, 15) is 4.79 Å². The minimum absolute atomic E-state index is 0.0903. The lowest BCUT2D eigenvalue weighted by molar-refractivity contribution is -0.137. The number of nitrogens with two attached hydrogens (primary N) is 1. The third-order valence-electron chi connectivity index (χ3n) is 1.11. The molecule has 0 aliphatic carbocycles. The monoisotopic (exact) mass is 132 g/mol. The van der Waals surface area contributed by atoms with Crippen molar-refractivity contribution in [1.29, 1.82) is 0 Å². The van der Waals surface area contributed by atoms with Gasteiger partial charge in [-0.25, -0.2) is 0 Å². The van der Waals surface area contributed by atoms with Gasteiger partial charge < -0.3 is 16.2 Å². The predicted molar refractivity (Wildman–Crippen MR) is 34.2 cm³/mol. The van der Waals surface area contributed by atoms with Gasteiger partial charge in [0, 0.05) is 12.6 Å². The highest BCUT2D eigenvalue weighted by molar-refractivity contribution is 5.67. The molecule has 4 N–H and O–H groups in total. The maximum Gasteiger partial charge on any atom is 0.304 e. The fraction of sp³-hybridized carbons (Fsp3) is 0.800. The highest BCUT2D eigenvalue weighted by Gasteiger charge is 2.06. The van der Waals surface area contributed by atoms with Crippen LogP contribution in [0.3, 0.4) is 0 Å². The Labute approximate surface area is 54.0 Å². The van der Waals surface area contributed by atoms with Gasteiger partial charge in [0.05, 0.1) is 6.42 Å². The van der Waals surface area contributed by atoms with E-state index in [-0.39, 0.29) is 12.5 Å². The summed E-state index contributed by atoms with van der Waals surface area (Å²) in [6.45, 7) is 0.364. The summed E-state index contributed by atoms with van der Waals surface area (Å²) >= 11 is 0. The number of carboxylic acid groups (broad SMARTS) is 1. The normalized spacial score (nSPS) is 13.1. The standard InChI is InChI=1S/C5H12N2O2/c1-7-4(3-6)2-5(8)9/h4,7H,2-3,6H2,1H3,(H,8,9). The lowest BCUT2D eigenvalue weighted by atomic mass is 10.2. The average molecular weight is 132 g/mol. The van der Waals surface area contributed by atoms with Gasteiger partial charge in [0.2, 0.25) is 0 Å². The van der Waals surface area contributed by atoms with Crippen LogP contribution in [0.1, 0.15) is 6.42 Å². The molecule has 0 aromatic heterocycles. The van der Waals surface area contributed by atoms with E-state index < -0.39 is 5.97 Å². The summed E-state index contributed by atoms with van der Waals surface area (Å²) in [6.07, 6.45) is 0.0903. The van der Waals surface area contributed by atoms with E-state index in [1.807, 2.05) is 0 Å². The largest absolute Gasteiger partial charge is 0.481 e. The van der Waals surface area contributed by atoms with Gasteiger partial charge in [-0.2, -0.15) is 0 Å². The Kier molecular flexibility index (Phi) is 4.00. The second-order valence-corrected chi connectivity index (χ2v) is 1.82. The van der Waals surface area contributed by atoms with Crippen molar-refractivity contribution in [2.75, 3.05) is 13.6 Å². The van der Waals surface area contributed by atoms with Gasteiger partial charge in [-0.05, 0) is 7.05 Å². The SMILES string of the molecule is CNC(CN)CC(=O)O. The van der Waals surface area contributed by atoms with Gasteiger partial charge in [-0.15, -0.1) is 0 Å². The molecule has 4 heteroatoms. The summed E-state index contributed by atoms with van der Waals surface area (Å²) < 4.78 is 0. The smallest absolute Gasteiger partial charge is 0.304 e. The van der Waals surface area contributed by atoms with Gasteiger partial charge in [0.1, 0.15) is 0 Å². The molecule has 0 rings (SSSR count). The van der Waals surface area contributed by atoms with Crippen LogP contribution in [0.5, 0.6) is 0 Å². The molecule has 0 bridgehead atoms. The molecule has 0 aromatic carbocycles. The molecule has 0 aromatic rings. The van der Waals surface area contributed by atoms with Crippen LogP contribution in [0, 0.1) is 0 Å².